The number of aryl methyl sites for hydroxylation is 1. The first kappa shape index (κ1) is 19.2. The topological polar surface area (TPSA) is 77.3 Å². The van der Waals surface area contributed by atoms with E-state index < -0.39 is 26.7 Å². The number of aromatic nitrogens is 3. The van der Waals surface area contributed by atoms with Gasteiger partial charge in [-0.15, -0.1) is 0 Å². The number of halogens is 3. The third kappa shape index (κ3) is 3.53. The predicted octanol–water partition coefficient (Wildman–Crippen LogP) is 3.09. The van der Waals surface area contributed by atoms with Gasteiger partial charge in [-0.3, -0.25) is 8.99 Å². The van der Waals surface area contributed by atoms with Gasteiger partial charge in [0.25, 0.3) is 10.0 Å². The molecule has 4 rings (SSSR count). The molecule has 11 heteroatoms. The number of benzene rings is 2. The molecule has 0 radical (unpaired) electrons. The standard InChI is InChI=1S/C18H15F3N4O3S/c1-24-11-22-17(23-24)12-5-6-16-15(9-12)25(7-8-28-16)29(26,27)14-4-2-3-13(10-14)18(19,20)21/h2-6,9-11H,7-8H2,1H3. The van der Waals surface area contributed by atoms with E-state index in [0.717, 1.165) is 22.5 Å². The SMILES string of the molecule is Cn1cnc(-c2ccc3c(c2)N(S(=O)(=O)c2cccc(C(F)(F)F)c2)CCO3)n1. The number of fused-ring (bicyclic) bond motifs is 1. The Kier molecular flexibility index (Phi) is 4.49. The van der Waals surface area contributed by atoms with Crippen molar-refractivity contribution >= 4 is 15.7 Å². The molecule has 0 fully saturated rings. The van der Waals surface area contributed by atoms with Crippen LogP contribution in [0.1, 0.15) is 5.56 Å². The molecular weight excluding hydrogens is 409 g/mol. The van der Waals surface area contributed by atoms with Crippen LogP contribution >= 0.6 is 0 Å². The van der Waals surface area contributed by atoms with Crippen molar-refractivity contribution in [1.29, 1.82) is 0 Å². The lowest BCUT2D eigenvalue weighted by Gasteiger charge is -2.30. The highest BCUT2D eigenvalue weighted by atomic mass is 32.2. The Bertz CT molecular complexity index is 1180. The third-order valence-electron chi connectivity index (χ3n) is 4.39. The Labute approximate surface area is 164 Å². The largest absolute Gasteiger partial charge is 0.489 e. The zero-order valence-corrected chi connectivity index (χ0v) is 15.9. The Morgan fingerprint density at radius 2 is 1.93 bits per heavy atom. The second-order valence-electron chi connectivity index (χ2n) is 6.38. The van der Waals surface area contributed by atoms with E-state index in [1.165, 1.54) is 11.0 Å². The Hall–Kier alpha value is -3.08. The van der Waals surface area contributed by atoms with Gasteiger partial charge >= 0.3 is 6.18 Å². The number of nitrogens with zero attached hydrogens (tertiary/aromatic N) is 4. The molecule has 0 spiro atoms. The highest BCUT2D eigenvalue weighted by molar-refractivity contribution is 7.92. The van der Waals surface area contributed by atoms with Gasteiger partial charge in [-0.05, 0) is 36.4 Å². The Morgan fingerprint density at radius 1 is 1.14 bits per heavy atom. The summed E-state index contributed by atoms with van der Waals surface area (Å²) in [5.74, 6) is 0.698. The van der Waals surface area contributed by atoms with Gasteiger partial charge in [-0.2, -0.15) is 18.3 Å². The molecule has 7 nitrogen and oxygen atoms in total. The average molecular weight is 424 g/mol. The molecule has 1 aliphatic heterocycles. The first-order valence-electron chi connectivity index (χ1n) is 8.49. The fourth-order valence-corrected chi connectivity index (χ4v) is 4.51. The van der Waals surface area contributed by atoms with Crippen LogP contribution in [0, 0.1) is 0 Å². The maximum absolute atomic E-state index is 13.1. The van der Waals surface area contributed by atoms with Crippen molar-refractivity contribution in [2.45, 2.75) is 11.1 Å². The molecule has 1 aromatic heterocycles. The van der Waals surface area contributed by atoms with Crippen molar-refractivity contribution in [2.75, 3.05) is 17.5 Å². The molecule has 0 aliphatic carbocycles. The van der Waals surface area contributed by atoms with Gasteiger partial charge in [0, 0.05) is 12.6 Å². The van der Waals surface area contributed by atoms with Crippen LogP contribution in [0.2, 0.25) is 0 Å². The number of hydrogen-bond acceptors (Lipinski definition) is 5. The monoisotopic (exact) mass is 424 g/mol. The van der Waals surface area contributed by atoms with Gasteiger partial charge in [0.05, 0.1) is 22.7 Å². The van der Waals surface area contributed by atoms with Crippen molar-refractivity contribution in [3.8, 4) is 17.1 Å². The van der Waals surface area contributed by atoms with Gasteiger partial charge in [-0.25, -0.2) is 13.4 Å². The lowest BCUT2D eigenvalue weighted by atomic mass is 10.1. The van der Waals surface area contributed by atoms with Crippen molar-refractivity contribution in [3.05, 3.63) is 54.4 Å². The number of ether oxygens (including phenoxy) is 1. The molecule has 0 amide bonds. The molecule has 0 bridgehead atoms. The molecule has 0 unspecified atom stereocenters. The zero-order valence-electron chi connectivity index (χ0n) is 15.1. The van der Waals surface area contributed by atoms with Crippen LogP contribution in [-0.2, 0) is 23.2 Å². The van der Waals surface area contributed by atoms with Crippen LogP contribution in [0.15, 0.2) is 53.7 Å². The van der Waals surface area contributed by atoms with Crippen molar-refractivity contribution < 1.29 is 26.3 Å². The smallest absolute Gasteiger partial charge is 0.416 e. The summed E-state index contributed by atoms with van der Waals surface area (Å²) in [6, 6.07) is 8.51. The van der Waals surface area contributed by atoms with Crippen LogP contribution in [0.5, 0.6) is 5.75 Å². The summed E-state index contributed by atoms with van der Waals surface area (Å²) in [5.41, 5.74) is -0.254. The minimum absolute atomic E-state index is 0.0370. The molecule has 0 saturated carbocycles. The van der Waals surface area contributed by atoms with Gasteiger partial charge in [-0.1, -0.05) is 6.07 Å². The molecule has 2 aromatic carbocycles. The van der Waals surface area contributed by atoms with E-state index in [9.17, 15) is 21.6 Å². The summed E-state index contributed by atoms with van der Waals surface area (Å²) in [4.78, 5) is 3.69. The normalized spacial score (nSPS) is 14.4. The number of alkyl halides is 3. The predicted molar refractivity (Wildman–Crippen MR) is 97.9 cm³/mol. The number of hydrogen-bond donors (Lipinski definition) is 0. The van der Waals surface area contributed by atoms with Crippen LogP contribution in [-0.4, -0.2) is 36.3 Å². The average Bonchev–Trinajstić information content (AvgIpc) is 3.13. The molecule has 0 saturated heterocycles. The second kappa shape index (κ2) is 6.76. The molecule has 2 heterocycles. The first-order valence-corrected chi connectivity index (χ1v) is 9.93. The number of sulfonamides is 1. The Morgan fingerprint density at radius 3 is 2.62 bits per heavy atom. The summed E-state index contributed by atoms with van der Waals surface area (Å²) in [5, 5.41) is 4.19. The summed E-state index contributed by atoms with van der Waals surface area (Å²) in [7, 11) is -2.55. The summed E-state index contributed by atoms with van der Waals surface area (Å²) >= 11 is 0. The van der Waals surface area contributed by atoms with Gasteiger partial charge in [0.2, 0.25) is 0 Å². The lowest BCUT2D eigenvalue weighted by molar-refractivity contribution is -0.137. The van der Waals surface area contributed by atoms with Crippen molar-refractivity contribution in [1.82, 2.24) is 14.8 Å². The zero-order chi connectivity index (χ0) is 20.8. The minimum Gasteiger partial charge on any atom is -0.489 e. The molecule has 152 valence electrons. The molecule has 3 aromatic rings. The quantitative estimate of drug-likeness (QED) is 0.646. The Balaban J connectivity index is 1.79. The molecule has 0 atom stereocenters. The van der Waals surface area contributed by atoms with Gasteiger partial charge in [0.15, 0.2) is 5.82 Å². The van der Waals surface area contributed by atoms with Gasteiger partial charge in [0.1, 0.15) is 18.7 Å². The van der Waals surface area contributed by atoms with E-state index in [2.05, 4.69) is 10.1 Å². The van der Waals surface area contributed by atoms with Crippen molar-refractivity contribution in [2.24, 2.45) is 7.05 Å². The van der Waals surface area contributed by atoms with Crippen molar-refractivity contribution in [3.63, 3.8) is 0 Å². The molecule has 29 heavy (non-hydrogen) atoms. The van der Waals surface area contributed by atoms with E-state index >= 15 is 0 Å². The maximum atomic E-state index is 13.1. The highest BCUT2D eigenvalue weighted by Gasteiger charge is 2.35. The van der Waals surface area contributed by atoms with Crippen LogP contribution in [0.25, 0.3) is 11.4 Å². The molecular formula is C18H15F3N4O3S. The second-order valence-corrected chi connectivity index (χ2v) is 8.24. The summed E-state index contributed by atoms with van der Waals surface area (Å²) < 4.78 is 73.5. The van der Waals surface area contributed by atoms with Crippen LogP contribution in [0.4, 0.5) is 18.9 Å². The summed E-state index contributed by atoms with van der Waals surface area (Å²) in [6.07, 6.45) is -3.14. The van der Waals surface area contributed by atoms with E-state index in [4.69, 9.17) is 4.74 Å². The maximum Gasteiger partial charge on any atom is 0.416 e. The molecule has 1 aliphatic rings. The van der Waals surface area contributed by atoms with Crippen LogP contribution < -0.4 is 9.04 Å². The highest BCUT2D eigenvalue weighted by Crippen LogP contribution is 2.38. The summed E-state index contributed by atoms with van der Waals surface area (Å²) in [6.45, 7) is 0.0387. The third-order valence-corrected chi connectivity index (χ3v) is 6.20. The lowest BCUT2D eigenvalue weighted by Crippen LogP contribution is -2.38. The number of anilines is 1. The van der Waals surface area contributed by atoms with E-state index in [1.54, 1.807) is 25.2 Å². The fourth-order valence-electron chi connectivity index (χ4n) is 3.01. The van der Waals surface area contributed by atoms with Gasteiger partial charge < -0.3 is 4.74 Å². The molecule has 0 N–H and O–H groups in total. The van der Waals surface area contributed by atoms with E-state index in [0.29, 0.717) is 23.2 Å². The van der Waals surface area contributed by atoms with Crippen LogP contribution in [0.3, 0.4) is 0 Å². The van der Waals surface area contributed by atoms with E-state index in [1.807, 2.05) is 0 Å². The fraction of sp³-hybridized carbons (Fsp3) is 0.222. The minimum atomic E-state index is -4.65. The van der Waals surface area contributed by atoms with E-state index in [-0.39, 0.29) is 18.8 Å². The number of rotatable bonds is 3. The first-order chi connectivity index (χ1) is 13.7.